The molecule has 126 valence electrons. The summed E-state index contributed by atoms with van der Waals surface area (Å²) in [4.78, 5) is 14.4. The fraction of sp³-hybridized carbons (Fsp3) is 0.611. The third kappa shape index (κ3) is 3.96. The SMILES string of the molecule is CCOc1ccccc1OCC(=O)N1CC[C@@H]2CNC[C@@H]2CC1. The molecule has 1 amide bonds. The van der Waals surface area contributed by atoms with Crippen LogP contribution in [0.3, 0.4) is 0 Å². The van der Waals surface area contributed by atoms with Crippen molar-refractivity contribution in [3.05, 3.63) is 24.3 Å². The Labute approximate surface area is 137 Å². The van der Waals surface area contributed by atoms with Crippen LogP contribution >= 0.6 is 0 Å². The Morgan fingerprint density at radius 3 is 2.35 bits per heavy atom. The van der Waals surface area contributed by atoms with Crippen LogP contribution in [-0.2, 0) is 4.79 Å². The number of benzene rings is 1. The molecule has 0 bridgehead atoms. The number of ether oxygens (including phenoxy) is 2. The van der Waals surface area contributed by atoms with Crippen LogP contribution in [0.4, 0.5) is 0 Å². The van der Waals surface area contributed by atoms with E-state index in [1.54, 1.807) is 0 Å². The molecule has 0 saturated carbocycles. The molecule has 1 N–H and O–H groups in total. The van der Waals surface area contributed by atoms with Crippen molar-refractivity contribution in [3.8, 4) is 11.5 Å². The molecule has 0 radical (unpaired) electrons. The van der Waals surface area contributed by atoms with Crippen molar-refractivity contribution < 1.29 is 14.3 Å². The number of carbonyl (C=O) groups is 1. The van der Waals surface area contributed by atoms with Gasteiger partial charge in [-0.05, 0) is 56.8 Å². The van der Waals surface area contributed by atoms with Crippen molar-refractivity contribution in [1.29, 1.82) is 0 Å². The number of nitrogens with one attached hydrogen (secondary N) is 1. The number of para-hydroxylation sites is 2. The second-order valence-corrected chi connectivity index (χ2v) is 6.30. The van der Waals surface area contributed by atoms with Gasteiger partial charge < -0.3 is 19.7 Å². The van der Waals surface area contributed by atoms with Crippen LogP contribution in [0.15, 0.2) is 24.3 Å². The molecule has 3 rings (SSSR count). The molecule has 2 atom stereocenters. The van der Waals surface area contributed by atoms with Crippen molar-refractivity contribution in [3.63, 3.8) is 0 Å². The highest BCUT2D eigenvalue weighted by molar-refractivity contribution is 5.77. The summed E-state index contributed by atoms with van der Waals surface area (Å²) in [7, 11) is 0. The lowest BCUT2D eigenvalue weighted by Crippen LogP contribution is -2.36. The molecule has 5 nitrogen and oxygen atoms in total. The van der Waals surface area contributed by atoms with Crippen LogP contribution in [0.2, 0.25) is 0 Å². The average molecular weight is 318 g/mol. The maximum Gasteiger partial charge on any atom is 0.260 e. The Morgan fingerprint density at radius 2 is 1.74 bits per heavy atom. The van der Waals surface area contributed by atoms with Crippen LogP contribution in [-0.4, -0.2) is 50.2 Å². The largest absolute Gasteiger partial charge is 0.490 e. The number of carbonyl (C=O) groups excluding carboxylic acids is 1. The average Bonchev–Trinajstić information content (AvgIpc) is 2.92. The van der Waals surface area contributed by atoms with Gasteiger partial charge in [-0.15, -0.1) is 0 Å². The molecule has 23 heavy (non-hydrogen) atoms. The van der Waals surface area contributed by atoms with Gasteiger partial charge in [-0.25, -0.2) is 0 Å². The number of rotatable bonds is 5. The van der Waals surface area contributed by atoms with E-state index < -0.39 is 0 Å². The molecule has 2 aliphatic rings. The Bertz CT molecular complexity index is 521. The number of hydrogen-bond acceptors (Lipinski definition) is 4. The molecule has 5 heteroatoms. The van der Waals surface area contributed by atoms with Gasteiger partial charge in [-0.2, -0.15) is 0 Å². The lowest BCUT2D eigenvalue weighted by molar-refractivity contribution is -0.133. The Balaban J connectivity index is 1.53. The molecule has 2 fully saturated rings. The molecule has 2 saturated heterocycles. The predicted octanol–water partition coefficient (Wildman–Crippen LogP) is 1.92. The topological polar surface area (TPSA) is 50.8 Å². The second-order valence-electron chi connectivity index (χ2n) is 6.30. The lowest BCUT2D eigenvalue weighted by atomic mass is 9.92. The maximum atomic E-state index is 12.5. The second kappa shape index (κ2) is 7.68. The first-order valence-corrected chi connectivity index (χ1v) is 8.61. The van der Waals surface area contributed by atoms with Gasteiger partial charge in [-0.3, -0.25) is 4.79 Å². The predicted molar refractivity (Wildman–Crippen MR) is 88.8 cm³/mol. The molecular formula is C18H26N2O3. The highest BCUT2D eigenvalue weighted by Crippen LogP contribution is 2.28. The minimum atomic E-state index is 0.0734. The molecule has 1 aromatic rings. The van der Waals surface area contributed by atoms with Gasteiger partial charge in [0.1, 0.15) is 0 Å². The third-order valence-electron chi connectivity index (χ3n) is 4.87. The maximum absolute atomic E-state index is 12.5. The molecule has 0 unspecified atom stereocenters. The Morgan fingerprint density at radius 1 is 1.13 bits per heavy atom. The number of hydrogen-bond donors (Lipinski definition) is 1. The summed E-state index contributed by atoms with van der Waals surface area (Å²) in [5, 5.41) is 3.46. The van der Waals surface area contributed by atoms with Crippen molar-refractivity contribution in [1.82, 2.24) is 10.2 Å². The first kappa shape index (κ1) is 16.1. The number of amides is 1. The summed E-state index contributed by atoms with van der Waals surface area (Å²) in [6.07, 6.45) is 2.19. The van der Waals surface area contributed by atoms with Crippen LogP contribution in [0, 0.1) is 11.8 Å². The normalized spacial score (nSPS) is 24.0. The number of nitrogens with zero attached hydrogens (tertiary/aromatic N) is 1. The highest BCUT2D eigenvalue weighted by Gasteiger charge is 2.31. The van der Waals surface area contributed by atoms with E-state index in [2.05, 4.69) is 5.32 Å². The van der Waals surface area contributed by atoms with E-state index in [1.807, 2.05) is 36.1 Å². The Hall–Kier alpha value is -1.75. The van der Waals surface area contributed by atoms with Gasteiger partial charge in [0.05, 0.1) is 6.61 Å². The van der Waals surface area contributed by atoms with E-state index >= 15 is 0 Å². The number of fused-ring (bicyclic) bond motifs is 1. The first-order chi connectivity index (χ1) is 11.3. The van der Waals surface area contributed by atoms with E-state index in [0.29, 0.717) is 18.1 Å². The Kier molecular flexibility index (Phi) is 5.39. The van der Waals surface area contributed by atoms with Crippen LogP contribution in [0.25, 0.3) is 0 Å². The summed E-state index contributed by atoms with van der Waals surface area (Å²) in [6.45, 7) is 6.49. The molecule has 0 aromatic heterocycles. The van der Waals surface area contributed by atoms with Crippen LogP contribution in [0.5, 0.6) is 11.5 Å². The van der Waals surface area contributed by atoms with E-state index in [-0.39, 0.29) is 12.5 Å². The van der Waals surface area contributed by atoms with Gasteiger partial charge in [0, 0.05) is 13.1 Å². The van der Waals surface area contributed by atoms with Gasteiger partial charge in [-0.1, -0.05) is 12.1 Å². The van der Waals surface area contributed by atoms with Gasteiger partial charge in [0.15, 0.2) is 18.1 Å². The van der Waals surface area contributed by atoms with Gasteiger partial charge >= 0.3 is 0 Å². The summed E-state index contributed by atoms with van der Waals surface area (Å²) < 4.78 is 11.2. The molecule has 2 heterocycles. The quantitative estimate of drug-likeness (QED) is 0.901. The smallest absolute Gasteiger partial charge is 0.260 e. The molecule has 0 aliphatic carbocycles. The minimum Gasteiger partial charge on any atom is -0.490 e. The highest BCUT2D eigenvalue weighted by atomic mass is 16.5. The summed E-state index contributed by atoms with van der Waals surface area (Å²) >= 11 is 0. The fourth-order valence-corrected chi connectivity index (χ4v) is 3.54. The fourth-order valence-electron chi connectivity index (χ4n) is 3.54. The van der Waals surface area contributed by atoms with Crippen LogP contribution < -0.4 is 14.8 Å². The van der Waals surface area contributed by atoms with E-state index in [9.17, 15) is 4.79 Å². The van der Waals surface area contributed by atoms with Gasteiger partial charge in [0.25, 0.3) is 5.91 Å². The summed E-state index contributed by atoms with van der Waals surface area (Å²) in [5.74, 6) is 2.86. The van der Waals surface area contributed by atoms with E-state index in [4.69, 9.17) is 9.47 Å². The van der Waals surface area contributed by atoms with Crippen molar-refractivity contribution in [2.45, 2.75) is 19.8 Å². The van der Waals surface area contributed by atoms with Crippen molar-refractivity contribution in [2.24, 2.45) is 11.8 Å². The van der Waals surface area contributed by atoms with Crippen LogP contribution in [0.1, 0.15) is 19.8 Å². The molecule has 2 aliphatic heterocycles. The molecule has 0 spiro atoms. The minimum absolute atomic E-state index is 0.0734. The standard InChI is InChI=1S/C18H26N2O3/c1-2-22-16-5-3-4-6-17(16)23-13-18(21)20-9-7-14-11-19-12-15(14)8-10-20/h3-6,14-15,19H,2,7-13H2,1H3/t14-,15+. The van der Waals surface area contributed by atoms with E-state index in [1.165, 1.54) is 0 Å². The molecular weight excluding hydrogens is 292 g/mol. The van der Waals surface area contributed by atoms with Crippen molar-refractivity contribution >= 4 is 5.91 Å². The zero-order chi connectivity index (χ0) is 16.1. The van der Waals surface area contributed by atoms with Crippen molar-refractivity contribution in [2.75, 3.05) is 39.4 Å². The van der Waals surface area contributed by atoms with E-state index in [0.717, 1.165) is 50.9 Å². The third-order valence-corrected chi connectivity index (χ3v) is 4.87. The summed E-state index contributed by atoms with van der Waals surface area (Å²) in [5.41, 5.74) is 0. The monoisotopic (exact) mass is 318 g/mol. The zero-order valence-corrected chi connectivity index (χ0v) is 13.8. The zero-order valence-electron chi connectivity index (χ0n) is 13.8. The number of likely N-dealkylation sites (tertiary alicyclic amines) is 1. The molecule has 1 aromatic carbocycles. The summed E-state index contributed by atoms with van der Waals surface area (Å²) in [6, 6.07) is 7.50. The lowest BCUT2D eigenvalue weighted by Gasteiger charge is -2.21. The van der Waals surface area contributed by atoms with Gasteiger partial charge in [0.2, 0.25) is 0 Å². The first-order valence-electron chi connectivity index (χ1n) is 8.61.